The number of ether oxygens (including phenoxy) is 3. The number of hydrogen-bond donors (Lipinski definition) is 1. The number of anilines is 1. The number of methoxy groups -OCH3 is 3. The maximum atomic E-state index is 6.26. The number of nitrogens with zero attached hydrogens (tertiary/aromatic N) is 2. The lowest BCUT2D eigenvalue weighted by Gasteiger charge is -2.14. The molecule has 3 aromatic rings. The average Bonchev–Trinajstić information content (AvgIpc) is 2.92. The van der Waals surface area contributed by atoms with Crippen LogP contribution in [0, 0.1) is 0 Å². The predicted molar refractivity (Wildman–Crippen MR) is 120 cm³/mol. The van der Waals surface area contributed by atoms with Gasteiger partial charge in [-0.3, -0.25) is 0 Å². The van der Waals surface area contributed by atoms with Gasteiger partial charge < -0.3 is 19.5 Å². The van der Waals surface area contributed by atoms with E-state index in [4.69, 9.17) is 42.5 Å². The fraction of sp³-hybridized carbons (Fsp3) is 0.318. The molecule has 0 fully saturated rings. The van der Waals surface area contributed by atoms with Crippen molar-refractivity contribution in [2.45, 2.75) is 19.3 Å². The first kappa shape index (κ1) is 20.7. The molecule has 1 N–H and O–H groups in total. The molecule has 30 heavy (non-hydrogen) atoms. The maximum Gasteiger partial charge on any atom is 0.203 e. The van der Waals surface area contributed by atoms with Gasteiger partial charge in [-0.1, -0.05) is 23.2 Å². The van der Waals surface area contributed by atoms with Gasteiger partial charge in [-0.05, 0) is 49.6 Å². The number of halogens is 2. The topological polar surface area (TPSA) is 57.5 Å². The van der Waals surface area contributed by atoms with Crippen molar-refractivity contribution in [1.29, 1.82) is 0 Å². The van der Waals surface area contributed by atoms with Crippen LogP contribution in [0.15, 0.2) is 30.3 Å². The van der Waals surface area contributed by atoms with Crippen molar-refractivity contribution >= 4 is 29.0 Å². The molecule has 0 unspecified atom stereocenters. The van der Waals surface area contributed by atoms with Crippen LogP contribution in [0.25, 0.3) is 16.9 Å². The number of benzene rings is 2. The van der Waals surface area contributed by atoms with Crippen LogP contribution in [0.2, 0.25) is 10.0 Å². The largest absolute Gasteiger partial charge is 0.493 e. The Hall–Kier alpha value is -2.57. The molecule has 158 valence electrons. The molecular formula is C22H23Cl2N3O3. The van der Waals surface area contributed by atoms with Crippen molar-refractivity contribution < 1.29 is 14.2 Å². The number of fused-ring (bicyclic) bond motifs is 1. The summed E-state index contributed by atoms with van der Waals surface area (Å²) >= 11 is 12.5. The molecule has 0 saturated carbocycles. The Bertz CT molecular complexity index is 1040. The molecule has 1 aliphatic rings. The summed E-state index contributed by atoms with van der Waals surface area (Å²) in [7, 11) is 4.80. The Labute approximate surface area is 185 Å². The van der Waals surface area contributed by atoms with Crippen molar-refractivity contribution in [3.05, 3.63) is 45.9 Å². The Balaban J connectivity index is 1.94. The van der Waals surface area contributed by atoms with Gasteiger partial charge in [0.25, 0.3) is 0 Å². The summed E-state index contributed by atoms with van der Waals surface area (Å²) in [5, 5.41) is 9.60. The molecule has 8 heteroatoms. The van der Waals surface area contributed by atoms with Crippen molar-refractivity contribution in [3.63, 3.8) is 0 Å². The first-order valence-electron chi connectivity index (χ1n) is 9.68. The fourth-order valence-corrected chi connectivity index (χ4v) is 4.31. The molecule has 0 amide bonds. The monoisotopic (exact) mass is 447 g/mol. The van der Waals surface area contributed by atoms with Crippen molar-refractivity contribution in [3.8, 4) is 34.2 Å². The highest BCUT2D eigenvalue weighted by Crippen LogP contribution is 2.43. The minimum Gasteiger partial charge on any atom is -0.493 e. The second-order valence-corrected chi connectivity index (χ2v) is 7.89. The van der Waals surface area contributed by atoms with Crippen molar-refractivity contribution in [1.82, 2.24) is 9.78 Å². The van der Waals surface area contributed by atoms with Crippen LogP contribution in [0.4, 0.5) is 5.82 Å². The van der Waals surface area contributed by atoms with Gasteiger partial charge in [0, 0.05) is 27.7 Å². The fourth-order valence-electron chi connectivity index (χ4n) is 3.80. The van der Waals surface area contributed by atoms with E-state index >= 15 is 0 Å². The Kier molecular flexibility index (Phi) is 5.97. The van der Waals surface area contributed by atoms with Crippen molar-refractivity contribution in [2.75, 3.05) is 33.2 Å². The third-order valence-electron chi connectivity index (χ3n) is 5.16. The van der Waals surface area contributed by atoms with Gasteiger partial charge in [0.1, 0.15) is 5.82 Å². The molecule has 0 saturated heterocycles. The summed E-state index contributed by atoms with van der Waals surface area (Å²) in [6.45, 7) is 0.877. The lowest BCUT2D eigenvalue weighted by Crippen LogP contribution is -2.07. The van der Waals surface area contributed by atoms with E-state index in [1.54, 1.807) is 27.4 Å². The van der Waals surface area contributed by atoms with E-state index in [9.17, 15) is 0 Å². The third-order valence-corrected chi connectivity index (χ3v) is 5.60. The molecule has 0 spiro atoms. The van der Waals surface area contributed by atoms with Crippen LogP contribution in [0.1, 0.15) is 18.4 Å². The number of nitrogens with one attached hydrogen (secondary N) is 1. The highest BCUT2D eigenvalue weighted by molar-refractivity contribution is 6.34. The number of aromatic nitrogens is 2. The van der Waals surface area contributed by atoms with Crippen LogP contribution in [-0.4, -0.2) is 37.7 Å². The first-order chi connectivity index (χ1) is 14.5. The second kappa shape index (κ2) is 8.66. The van der Waals surface area contributed by atoms with E-state index in [1.807, 2.05) is 28.9 Å². The molecule has 1 aromatic heterocycles. The first-order valence-corrected chi connectivity index (χ1v) is 10.4. The zero-order valence-corrected chi connectivity index (χ0v) is 18.6. The van der Waals surface area contributed by atoms with Gasteiger partial charge in [0.15, 0.2) is 11.5 Å². The SMILES string of the molecule is COc1cc(-c2nn(-c3cc(Cl)cc(Cl)c3)c3c2CCCCN3)cc(OC)c1OC. The van der Waals surface area contributed by atoms with E-state index < -0.39 is 0 Å². The highest BCUT2D eigenvalue weighted by Gasteiger charge is 2.24. The molecular weight excluding hydrogens is 425 g/mol. The molecule has 6 nitrogen and oxygen atoms in total. The lowest BCUT2D eigenvalue weighted by atomic mass is 10.0. The number of hydrogen-bond acceptors (Lipinski definition) is 5. The summed E-state index contributed by atoms with van der Waals surface area (Å²) in [6, 6.07) is 9.26. The van der Waals surface area contributed by atoms with Gasteiger partial charge in [-0.25, -0.2) is 4.68 Å². The molecule has 0 bridgehead atoms. The van der Waals surface area contributed by atoms with E-state index in [-0.39, 0.29) is 0 Å². The van der Waals surface area contributed by atoms with Crippen LogP contribution < -0.4 is 19.5 Å². The van der Waals surface area contributed by atoms with Crippen LogP contribution in [0.5, 0.6) is 17.2 Å². The Morgan fingerprint density at radius 1 is 0.900 bits per heavy atom. The second-order valence-electron chi connectivity index (χ2n) is 7.01. The maximum absolute atomic E-state index is 6.26. The molecule has 2 aromatic carbocycles. The average molecular weight is 448 g/mol. The molecule has 4 rings (SSSR count). The summed E-state index contributed by atoms with van der Waals surface area (Å²) in [6.07, 6.45) is 3.06. The molecule has 2 heterocycles. The summed E-state index contributed by atoms with van der Waals surface area (Å²) in [4.78, 5) is 0. The quantitative estimate of drug-likeness (QED) is 0.549. The van der Waals surface area contributed by atoms with E-state index in [2.05, 4.69) is 5.32 Å². The van der Waals surface area contributed by atoms with Gasteiger partial charge in [0.2, 0.25) is 5.75 Å². The van der Waals surface area contributed by atoms with E-state index in [0.717, 1.165) is 54.1 Å². The predicted octanol–water partition coefficient (Wildman–Crippen LogP) is 5.62. The minimum absolute atomic E-state index is 0.550. The van der Waals surface area contributed by atoms with E-state index in [1.165, 1.54) is 0 Å². The van der Waals surface area contributed by atoms with Crippen LogP contribution in [-0.2, 0) is 6.42 Å². The summed E-state index contributed by atoms with van der Waals surface area (Å²) in [5.74, 6) is 2.67. The Morgan fingerprint density at radius 3 is 2.17 bits per heavy atom. The van der Waals surface area contributed by atoms with Gasteiger partial charge >= 0.3 is 0 Å². The normalized spacial score (nSPS) is 13.2. The standard InChI is InChI=1S/C22H23Cl2N3O3/c1-28-18-8-13(9-19(29-2)21(18)30-3)20-17-6-4-5-7-25-22(17)27(26-20)16-11-14(23)10-15(24)12-16/h8-12,25H,4-7H2,1-3H3. The zero-order valence-electron chi connectivity index (χ0n) is 17.1. The number of rotatable bonds is 5. The molecule has 0 radical (unpaired) electrons. The highest BCUT2D eigenvalue weighted by atomic mass is 35.5. The van der Waals surface area contributed by atoms with Crippen LogP contribution in [0.3, 0.4) is 0 Å². The van der Waals surface area contributed by atoms with E-state index in [0.29, 0.717) is 27.3 Å². The molecule has 0 aliphatic carbocycles. The van der Waals surface area contributed by atoms with Gasteiger partial charge in [0.05, 0.1) is 32.7 Å². The van der Waals surface area contributed by atoms with Crippen LogP contribution >= 0.6 is 23.2 Å². The lowest BCUT2D eigenvalue weighted by molar-refractivity contribution is 0.324. The third kappa shape index (κ3) is 3.77. The zero-order chi connectivity index (χ0) is 21.3. The Morgan fingerprint density at radius 2 is 1.57 bits per heavy atom. The molecule has 0 atom stereocenters. The van der Waals surface area contributed by atoms with Crippen molar-refractivity contribution in [2.24, 2.45) is 0 Å². The minimum atomic E-state index is 0.550. The molecule has 1 aliphatic heterocycles. The smallest absolute Gasteiger partial charge is 0.203 e. The van der Waals surface area contributed by atoms with Gasteiger partial charge in [-0.15, -0.1) is 0 Å². The summed E-state index contributed by atoms with van der Waals surface area (Å²) in [5.41, 5.74) is 3.68. The van der Waals surface area contributed by atoms with Gasteiger partial charge in [-0.2, -0.15) is 5.10 Å². The summed E-state index contributed by atoms with van der Waals surface area (Å²) < 4.78 is 18.4.